The third kappa shape index (κ3) is 2.88. The quantitative estimate of drug-likeness (QED) is 0.712. The molecule has 1 amide bonds. The molecule has 1 heterocycles. The summed E-state index contributed by atoms with van der Waals surface area (Å²) in [4.78, 5) is 18.8. The molecule has 0 saturated carbocycles. The standard InChI is InChI=1S/C9H14N4O2/c1-5(15-2)3-7-12-4-6(9(11)14)8(10)13-7/h4-5H,3H2,1-2H3,(H2,11,14)(H2,10,12,13). The van der Waals surface area contributed by atoms with Gasteiger partial charge in [-0.3, -0.25) is 4.79 Å². The monoisotopic (exact) mass is 210 g/mol. The normalized spacial score (nSPS) is 12.4. The Balaban J connectivity index is 2.87. The van der Waals surface area contributed by atoms with Gasteiger partial charge in [-0.05, 0) is 6.92 Å². The molecule has 0 radical (unpaired) electrons. The highest BCUT2D eigenvalue weighted by atomic mass is 16.5. The summed E-state index contributed by atoms with van der Waals surface area (Å²) in [6.45, 7) is 1.89. The van der Waals surface area contributed by atoms with Crippen LogP contribution >= 0.6 is 0 Å². The first-order valence-corrected chi connectivity index (χ1v) is 4.48. The molecule has 0 aliphatic heterocycles. The van der Waals surface area contributed by atoms with Crippen molar-refractivity contribution in [3.8, 4) is 0 Å². The Morgan fingerprint density at radius 1 is 1.67 bits per heavy atom. The van der Waals surface area contributed by atoms with Gasteiger partial charge in [0.1, 0.15) is 11.6 Å². The molecule has 0 aliphatic carbocycles. The molecule has 0 fully saturated rings. The molecule has 0 aliphatic rings. The number of nitrogens with two attached hydrogens (primary N) is 2. The molecule has 15 heavy (non-hydrogen) atoms. The van der Waals surface area contributed by atoms with Crippen LogP contribution in [-0.4, -0.2) is 29.1 Å². The molecule has 1 rings (SSSR count). The zero-order valence-corrected chi connectivity index (χ0v) is 8.73. The smallest absolute Gasteiger partial charge is 0.254 e. The lowest BCUT2D eigenvalue weighted by atomic mass is 10.2. The molecule has 6 heteroatoms. The lowest BCUT2D eigenvalue weighted by molar-refractivity contribution is 0.100. The fraction of sp³-hybridized carbons (Fsp3) is 0.444. The van der Waals surface area contributed by atoms with Crippen LogP contribution in [0.5, 0.6) is 0 Å². The van der Waals surface area contributed by atoms with Crippen LogP contribution < -0.4 is 11.5 Å². The first kappa shape index (κ1) is 11.4. The Kier molecular flexibility index (Phi) is 3.56. The van der Waals surface area contributed by atoms with E-state index in [2.05, 4.69) is 9.97 Å². The number of carbonyl (C=O) groups excluding carboxylic acids is 1. The summed E-state index contributed by atoms with van der Waals surface area (Å²) < 4.78 is 5.06. The zero-order chi connectivity index (χ0) is 11.4. The number of aromatic nitrogens is 2. The van der Waals surface area contributed by atoms with Crippen molar-refractivity contribution in [1.82, 2.24) is 9.97 Å². The first-order chi connectivity index (χ1) is 7.04. The van der Waals surface area contributed by atoms with E-state index < -0.39 is 5.91 Å². The number of hydrogen-bond acceptors (Lipinski definition) is 5. The molecule has 6 nitrogen and oxygen atoms in total. The van der Waals surface area contributed by atoms with Crippen LogP contribution in [0, 0.1) is 0 Å². The minimum Gasteiger partial charge on any atom is -0.383 e. The minimum absolute atomic E-state index is 0.00354. The van der Waals surface area contributed by atoms with Gasteiger partial charge in [0, 0.05) is 19.7 Å². The van der Waals surface area contributed by atoms with Crippen molar-refractivity contribution in [1.29, 1.82) is 0 Å². The Morgan fingerprint density at radius 3 is 2.80 bits per heavy atom. The molecular weight excluding hydrogens is 196 g/mol. The molecule has 0 bridgehead atoms. The largest absolute Gasteiger partial charge is 0.383 e. The van der Waals surface area contributed by atoms with Crippen molar-refractivity contribution < 1.29 is 9.53 Å². The van der Waals surface area contributed by atoms with Gasteiger partial charge < -0.3 is 16.2 Å². The fourth-order valence-electron chi connectivity index (χ4n) is 1.06. The summed E-state index contributed by atoms with van der Waals surface area (Å²) in [5.74, 6) is 0.0153. The Labute approximate surface area is 87.7 Å². The second-order valence-corrected chi connectivity index (χ2v) is 3.20. The molecule has 4 N–H and O–H groups in total. The number of ether oxygens (including phenoxy) is 1. The van der Waals surface area contributed by atoms with Crippen LogP contribution in [0.3, 0.4) is 0 Å². The van der Waals surface area contributed by atoms with Gasteiger partial charge in [0.25, 0.3) is 5.91 Å². The van der Waals surface area contributed by atoms with Crippen LogP contribution in [0.4, 0.5) is 5.82 Å². The van der Waals surface area contributed by atoms with E-state index >= 15 is 0 Å². The molecule has 0 spiro atoms. The number of primary amides is 1. The number of methoxy groups -OCH3 is 1. The van der Waals surface area contributed by atoms with E-state index in [0.717, 1.165) is 0 Å². The lowest BCUT2D eigenvalue weighted by Gasteiger charge is -2.08. The fourth-order valence-corrected chi connectivity index (χ4v) is 1.06. The zero-order valence-electron chi connectivity index (χ0n) is 8.73. The van der Waals surface area contributed by atoms with Crippen LogP contribution in [0.25, 0.3) is 0 Å². The summed E-state index contributed by atoms with van der Waals surface area (Å²) in [5.41, 5.74) is 10.8. The summed E-state index contributed by atoms with van der Waals surface area (Å²) >= 11 is 0. The highest BCUT2D eigenvalue weighted by Gasteiger charge is 2.10. The number of nitrogen functional groups attached to an aromatic ring is 1. The molecule has 1 atom stereocenters. The maximum absolute atomic E-state index is 10.8. The maximum Gasteiger partial charge on any atom is 0.254 e. The Hall–Kier alpha value is -1.69. The van der Waals surface area contributed by atoms with Crippen LogP contribution in [-0.2, 0) is 11.2 Å². The van der Waals surface area contributed by atoms with E-state index in [1.54, 1.807) is 7.11 Å². The number of anilines is 1. The molecule has 1 aromatic heterocycles. The number of amides is 1. The second-order valence-electron chi connectivity index (χ2n) is 3.20. The van der Waals surface area contributed by atoms with E-state index in [-0.39, 0.29) is 17.5 Å². The molecule has 1 unspecified atom stereocenters. The van der Waals surface area contributed by atoms with Gasteiger partial charge in [0.15, 0.2) is 0 Å². The van der Waals surface area contributed by atoms with E-state index in [1.807, 2.05) is 6.92 Å². The van der Waals surface area contributed by atoms with E-state index in [0.29, 0.717) is 12.2 Å². The van der Waals surface area contributed by atoms with Gasteiger partial charge in [0.2, 0.25) is 0 Å². The third-order valence-corrected chi connectivity index (χ3v) is 2.01. The third-order valence-electron chi connectivity index (χ3n) is 2.01. The SMILES string of the molecule is COC(C)Cc1ncc(C(N)=O)c(N)n1. The van der Waals surface area contributed by atoms with Gasteiger partial charge in [-0.25, -0.2) is 9.97 Å². The topological polar surface area (TPSA) is 104 Å². The average Bonchev–Trinajstić information content (AvgIpc) is 2.17. The van der Waals surface area contributed by atoms with Crippen molar-refractivity contribution in [2.75, 3.05) is 12.8 Å². The van der Waals surface area contributed by atoms with Crippen molar-refractivity contribution >= 4 is 11.7 Å². The Morgan fingerprint density at radius 2 is 2.33 bits per heavy atom. The molecular formula is C9H14N4O2. The van der Waals surface area contributed by atoms with E-state index in [4.69, 9.17) is 16.2 Å². The number of hydrogen-bond donors (Lipinski definition) is 2. The van der Waals surface area contributed by atoms with Crippen LogP contribution in [0.15, 0.2) is 6.20 Å². The average molecular weight is 210 g/mol. The van der Waals surface area contributed by atoms with E-state index in [9.17, 15) is 4.79 Å². The van der Waals surface area contributed by atoms with Crippen molar-refractivity contribution in [3.05, 3.63) is 17.6 Å². The van der Waals surface area contributed by atoms with Gasteiger partial charge >= 0.3 is 0 Å². The summed E-state index contributed by atoms with van der Waals surface area (Å²) in [7, 11) is 1.60. The molecule has 0 saturated heterocycles. The predicted octanol–water partition coefficient (Wildman–Crippen LogP) is -0.265. The maximum atomic E-state index is 10.8. The van der Waals surface area contributed by atoms with Gasteiger partial charge in [-0.1, -0.05) is 0 Å². The first-order valence-electron chi connectivity index (χ1n) is 4.48. The van der Waals surface area contributed by atoms with Gasteiger partial charge in [-0.15, -0.1) is 0 Å². The van der Waals surface area contributed by atoms with E-state index in [1.165, 1.54) is 6.20 Å². The lowest BCUT2D eigenvalue weighted by Crippen LogP contribution is -2.17. The van der Waals surface area contributed by atoms with Crippen molar-refractivity contribution in [2.45, 2.75) is 19.4 Å². The summed E-state index contributed by atoms with van der Waals surface area (Å²) in [5, 5.41) is 0. The van der Waals surface area contributed by atoms with Gasteiger partial charge in [-0.2, -0.15) is 0 Å². The highest BCUT2D eigenvalue weighted by Crippen LogP contribution is 2.08. The Bertz CT molecular complexity index is 367. The molecule has 82 valence electrons. The number of carbonyl (C=O) groups is 1. The predicted molar refractivity (Wildman–Crippen MR) is 55.1 cm³/mol. The van der Waals surface area contributed by atoms with Gasteiger partial charge in [0.05, 0.1) is 11.7 Å². The van der Waals surface area contributed by atoms with Crippen molar-refractivity contribution in [2.24, 2.45) is 5.73 Å². The van der Waals surface area contributed by atoms with Crippen LogP contribution in [0.2, 0.25) is 0 Å². The number of rotatable bonds is 4. The molecule has 0 aromatic carbocycles. The number of nitrogens with zero attached hydrogens (tertiary/aromatic N) is 2. The highest BCUT2D eigenvalue weighted by molar-refractivity contribution is 5.96. The minimum atomic E-state index is -0.626. The summed E-state index contributed by atoms with van der Waals surface area (Å²) in [6.07, 6.45) is 1.88. The van der Waals surface area contributed by atoms with Crippen molar-refractivity contribution in [3.63, 3.8) is 0 Å². The summed E-state index contributed by atoms with van der Waals surface area (Å²) in [6, 6.07) is 0. The molecule has 1 aromatic rings. The van der Waals surface area contributed by atoms with Crippen LogP contribution in [0.1, 0.15) is 23.1 Å². The second kappa shape index (κ2) is 4.70.